The van der Waals surface area contributed by atoms with Crippen molar-refractivity contribution in [2.45, 2.75) is 38.6 Å². The van der Waals surface area contributed by atoms with E-state index < -0.39 is 21.7 Å². The highest BCUT2D eigenvalue weighted by atomic mass is 32.2. The summed E-state index contributed by atoms with van der Waals surface area (Å²) in [5.74, 6) is -1.87. The lowest BCUT2D eigenvalue weighted by Crippen LogP contribution is -2.57. The second kappa shape index (κ2) is 6.71. The Kier molecular flexibility index (Phi) is 5.71. The van der Waals surface area contributed by atoms with Crippen molar-refractivity contribution >= 4 is 22.1 Å². The molecule has 0 saturated carbocycles. The van der Waals surface area contributed by atoms with Gasteiger partial charge in [0.25, 0.3) is 10.2 Å². The van der Waals surface area contributed by atoms with Gasteiger partial charge < -0.3 is 9.84 Å². The largest absolute Gasteiger partial charge is 0.480 e. The van der Waals surface area contributed by atoms with Crippen LogP contribution in [0.15, 0.2) is 0 Å². The molecule has 1 saturated heterocycles. The van der Waals surface area contributed by atoms with Crippen LogP contribution in [0.2, 0.25) is 0 Å². The second-order valence-electron chi connectivity index (χ2n) is 5.29. The van der Waals surface area contributed by atoms with E-state index in [0.717, 1.165) is 0 Å². The summed E-state index contributed by atoms with van der Waals surface area (Å²) in [6, 6.07) is 0. The van der Waals surface area contributed by atoms with Crippen LogP contribution in [0.25, 0.3) is 0 Å². The number of hydrogen-bond acceptors (Lipinski definition) is 5. The first kappa shape index (κ1) is 17.9. The lowest BCUT2D eigenvalue weighted by molar-refractivity contribution is -0.146. The number of piperidine rings is 1. The molecule has 1 fully saturated rings. The molecule has 8 nitrogen and oxygen atoms in total. The van der Waals surface area contributed by atoms with Crippen LogP contribution in [-0.4, -0.2) is 55.5 Å². The fourth-order valence-electron chi connectivity index (χ4n) is 2.11. The number of carbonyl (C=O) groups is 2. The quantitative estimate of drug-likeness (QED) is 0.663. The number of esters is 1. The molecule has 1 rings (SSSR count). The molecule has 0 aliphatic carbocycles. The summed E-state index contributed by atoms with van der Waals surface area (Å²) in [6.07, 6.45) is 0.854. The zero-order chi connectivity index (χ0) is 16.3. The summed E-state index contributed by atoms with van der Waals surface area (Å²) in [4.78, 5) is 22.6. The molecule has 122 valence electrons. The van der Waals surface area contributed by atoms with E-state index >= 15 is 0 Å². The summed E-state index contributed by atoms with van der Waals surface area (Å²) >= 11 is 0. The van der Waals surface area contributed by atoms with Crippen LogP contribution in [0.1, 0.15) is 33.1 Å². The number of ether oxygens (including phenoxy) is 1. The molecule has 1 aliphatic rings. The first-order chi connectivity index (χ1) is 9.66. The monoisotopic (exact) mass is 322 g/mol. The van der Waals surface area contributed by atoms with Crippen LogP contribution in [0.5, 0.6) is 0 Å². The van der Waals surface area contributed by atoms with Crippen LogP contribution in [-0.2, 0) is 24.5 Å². The highest BCUT2D eigenvalue weighted by Gasteiger charge is 2.39. The number of carboxylic acids is 1. The van der Waals surface area contributed by atoms with Crippen molar-refractivity contribution in [2.24, 2.45) is 5.92 Å². The summed E-state index contributed by atoms with van der Waals surface area (Å²) in [5, 5.41) is 9.13. The number of rotatable bonds is 6. The van der Waals surface area contributed by atoms with Crippen LogP contribution < -0.4 is 4.72 Å². The molecule has 0 spiro atoms. The maximum atomic E-state index is 12.2. The molecule has 1 atom stereocenters. The molecule has 0 bridgehead atoms. The Hall–Kier alpha value is -1.19. The molecule has 0 amide bonds. The minimum Gasteiger partial charge on any atom is -0.480 e. The first-order valence-corrected chi connectivity index (χ1v) is 8.20. The van der Waals surface area contributed by atoms with Crippen LogP contribution >= 0.6 is 0 Å². The van der Waals surface area contributed by atoms with E-state index in [1.54, 1.807) is 6.92 Å². The van der Waals surface area contributed by atoms with Gasteiger partial charge in [-0.1, -0.05) is 6.92 Å². The van der Waals surface area contributed by atoms with Gasteiger partial charge in [0.2, 0.25) is 0 Å². The highest BCUT2D eigenvalue weighted by Crippen LogP contribution is 2.21. The number of nitrogens with zero attached hydrogens (tertiary/aromatic N) is 1. The van der Waals surface area contributed by atoms with E-state index in [2.05, 4.69) is 9.46 Å². The molecular weight excluding hydrogens is 300 g/mol. The van der Waals surface area contributed by atoms with Gasteiger partial charge in [-0.25, -0.2) is 0 Å². The average molecular weight is 322 g/mol. The van der Waals surface area contributed by atoms with E-state index in [0.29, 0.717) is 12.8 Å². The molecule has 0 aromatic carbocycles. The predicted octanol–water partition coefficient (Wildman–Crippen LogP) is -0.0409. The van der Waals surface area contributed by atoms with Gasteiger partial charge in [-0.3, -0.25) is 9.59 Å². The Balaban J connectivity index is 2.74. The predicted molar refractivity (Wildman–Crippen MR) is 74.7 cm³/mol. The van der Waals surface area contributed by atoms with Crippen molar-refractivity contribution in [3.63, 3.8) is 0 Å². The van der Waals surface area contributed by atoms with Gasteiger partial charge in [0.15, 0.2) is 0 Å². The molecule has 0 radical (unpaired) electrons. The summed E-state index contributed by atoms with van der Waals surface area (Å²) in [5.41, 5.74) is -1.54. The number of hydrogen-bond donors (Lipinski definition) is 2. The van der Waals surface area contributed by atoms with Gasteiger partial charge in [0.05, 0.1) is 13.0 Å². The van der Waals surface area contributed by atoms with E-state index in [9.17, 15) is 18.0 Å². The molecule has 21 heavy (non-hydrogen) atoms. The number of methoxy groups -OCH3 is 1. The fourth-order valence-corrected chi connectivity index (χ4v) is 3.74. The van der Waals surface area contributed by atoms with Crippen molar-refractivity contribution in [3.05, 3.63) is 0 Å². The number of carbonyl (C=O) groups excluding carboxylic acids is 1. The number of nitrogens with one attached hydrogen (secondary N) is 1. The second-order valence-corrected chi connectivity index (χ2v) is 6.97. The lowest BCUT2D eigenvalue weighted by atomic mass is 9.99. The SMILES string of the molecule is CCC(C)(NS(=O)(=O)N1CCC(C(=O)OC)CC1)C(=O)O. The number of aliphatic carboxylic acids is 1. The first-order valence-electron chi connectivity index (χ1n) is 6.76. The smallest absolute Gasteiger partial charge is 0.324 e. The molecule has 1 unspecified atom stereocenters. The minimum absolute atomic E-state index is 0.125. The van der Waals surface area contributed by atoms with E-state index in [1.807, 2.05) is 0 Å². The Labute approximate surface area is 124 Å². The van der Waals surface area contributed by atoms with Crippen LogP contribution in [0, 0.1) is 5.92 Å². The van der Waals surface area contributed by atoms with Crippen molar-refractivity contribution in [2.75, 3.05) is 20.2 Å². The zero-order valence-corrected chi connectivity index (χ0v) is 13.3. The van der Waals surface area contributed by atoms with Gasteiger partial charge in [-0.15, -0.1) is 0 Å². The van der Waals surface area contributed by atoms with Gasteiger partial charge in [0, 0.05) is 13.1 Å². The van der Waals surface area contributed by atoms with Crippen molar-refractivity contribution in [1.29, 1.82) is 0 Å². The molecule has 9 heteroatoms. The third-order valence-electron chi connectivity index (χ3n) is 3.86. The molecule has 1 aliphatic heterocycles. The third-order valence-corrected chi connectivity index (χ3v) is 5.62. The molecule has 0 aromatic heterocycles. The summed E-state index contributed by atoms with van der Waals surface area (Å²) in [6.45, 7) is 3.25. The van der Waals surface area contributed by atoms with E-state index in [4.69, 9.17) is 5.11 Å². The third kappa shape index (κ3) is 4.14. The average Bonchev–Trinajstić information content (AvgIpc) is 2.45. The molecule has 2 N–H and O–H groups in total. The minimum atomic E-state index is -3.90. The Morgan fingerprint density at radius 1 is 1.38 bits per heavy atom. The zero-order valence-electron chi connectivity index (χ0n) is 12.5. The molecule has 0 aromatic rings. The summed E-state index contributed by atoms with van der Waals surface area (Å²) < 4.78 is 32.5. The Morgan fingerprint density at radius 2 is 1.90 bits per heavy atom. The van der Waals surface area contributed by atoms with Crippen molar-refractivity contribution in [1.82, 2.24) is 9.03 Å². The van der Waals surface area contributed by atoms with Crippen molar-refractivity contribution in [3.8, 4) is 0 Å². The van der Waals surface area contributed by atoms with Crippen molar-refractivity contribution < 1.29 is 27.9 Å². The van der Waals surface area contributed by atoms with Gasteiger partial charge >= 0.3 is 11.9 Å². The maximum Gasteiger partial charge on any atom is 0.324 e. The lowest BCUT2D eigenvalue weighted by Gasteiger charge is -2.33. The molecular formula is C12H22N2O6S. The molecule has 1 heterocycles. The topological polar surface area (TPSA) is 113 Å². The van der Waals surface area contributed by atoms with Gasteiger partial charge in [-0.05, 0) is 26.2 Å². The summed E-state index contributed by atoms with van der Waals surface area (Å²) in [7, 11) is -2.61. The number of carboxylic acid groups (broad SMARTS) is 1. The Morgan fingerprint density at radius 3 is 2.29 bits per heavy atom. The normalized spacial score (nSPS) is 20.7. The Bertz CT molecular complexity index is 498. The standard InChI is InChI=1S/C12H22N2O6S/c1-4-12(2,11(16)17)13-21(18,19)14-7-5-9(6-8-14)10(15)20-3/h9,13H,4-8H2,1-3H3,(H,16,17). The van der Waals surface area contributed by atoms with E-state index in [-0.39, 0.29) is 31.4 Å². The fraction of sp³-hybridized carbons (Fsp3) is 0.833. The maximum absolute atomic E-state index is 12.2. The van der Waals surface area contributed by atoms with Gasteiger partial charge in [0.1, 0.15) is 5.54 Å². The van der Waals surface area contributed by atoms with Crippen LogP contribution in [0.3, 0.4) is 0 Å². The highest BCUT2D eigenvalue weighted by molar-refractivity contribution is 7.87. The van der Waals surface area contributed by atoms with Crippen LogP contribution in [0.4, 0.5) is 0 Å². The van der Waals surface area contributed by atoms with Gasteiger partial charge in [-0.2, -0.15) is 17.4 Å². The van der Waals surface area contributed by atoms with E-state index in [1.165, 1.54) is 18.3 Å².